The molecule has 0 saturated heterocycles. The molecular weight excluding hydrogens is 349 g/mol. The topological polar surface area (TPSA) is 47.2 Å². The molecule has 0 aliphatic carbocycles. The van der Waals surface area contributed by atoms with Gasteiger partial charge in [-0.2, -0.15) is 0 Å². The number of aromatic nitrogens is 2. The van der Waals surface area contributed by atoms with E-state index in [4.69, 9.17) is 0 Å². The van der Waals surface area contributed by atoms with E-state index in [1.54, 1.807) is 16.8 Å². The number of nitrogens with zero attached hydrogens (tertiary/aromatic N) is 3. The van der Waals surface area contributed by atoms with Crippen LogP contribution in [0.15, 0.2) is 63.5 Å². The van der Waals surface area contributed by atoms with Gasteiger partial charge in [0.25, 0.3) is 5.56 Å². The molecule has 0 N–H and O–H groups in total. The number of aryl methyl sites for hydroxylation is 1. The zero-order valence-corrected chi connectivity index (χ0v) is 15.0. The molecule has 2 heterocycles. The van der Waals surface area contributed by atoms with E-state index in [0.29, 0.717) is 28.7 Å². The Balaban J connectivity index is 1.80. The van der Waals surface area contributed by atoms with E-state index in [9.17, 15) is 9.18 Å². The van der Waals surface area contributed by atoms with Crippen molar-refractivity contribution >= 4 is 18.0 Å². The number of aliphatic imine (C=N–C) groups is 1. The summed E-state index contributed by atoms with van der Waals surface area (Å²) >= 11 is 1.42. The predicted octanol–water partition coefficient (Wildman–Crippen LogP) is 3.90. The van der Waals surface area contributed by atoms with E-state index in [-0.39, 0.29) is 11.4 Å². The maximum Gasteiger partial charge on any atom is 0.267 e. The average molecular weight is 365 g/mol. The highest BCUT2D eigenvalue weighted by Gasteiger charge is 2.20. The molecule has 1 aromatic heterocycles. The molecule has 0 saturated carbocycles. The number of hydrogen-bond acceptors (Lipinski definition) is 4. The fourth-order valence-electron chi connectivity index (χ4n) is 2.93. The van der Waals surface area contributed by atoms with Gasteiger partial charge in [0.15, 0.2) is 5.16 Å². The molecule has 6 heteroatoms. The summed E-state index contributed by atoms with van der Waals surface area (Å²) in [5, 5.41) is 0.595. The lowest BCUT2D eigenvalue weighted by Crippen LogP contribution is -2.26. The van der Waals surface area contributed by atoms with Gasteiger partial charge in [0.1, 0.15) is 5.82 Å². The molecule has 1 aliphatic rings. The van der Waals surface area contributed by atoms with E-state index in [1.807, 2.05) is 37.3 Å². The lowest BCUT2D eigenvalue weighted by Gasteiger charge is -2.15. The standard InChI is InChI=1S/C20H16FN3OS/c1-13-5-2-3-8-18(13)24-19(25)16-10-22-11-17(16)23-20(24)26-12-14-6-4-7-15(21)9-14/h2-10H,11-12H2,1H3. The fraction of sp³-hybridized carbons (Fsp3) is 0.150. The summed E-state index contributed by atoms with van der Waals surface area (Å²) in [6.45, 7) is 2.39. The molecule has 0 radical (unpaired) electrons. The summed E-state index contributed by atoms with van der Waals surface area (Å²) in [4.78, 5) is 21.9. The Kier molecular flexibility index (Phi) is 4.42. The number of hydrogen-bond donors (Lipinski definition) is 0. The summed E-state index contributed by atoms with van der Waals surface area (Å²) in [5.41, 5.74) is 3.75. The number of rotatable bonds is 4. The zero-order valence-electron chi connectivity index (χ0n) is 14.1. The normalized spacial score (nSPS) is 12.4. The average Bonchev–Trinajstić information content (AvgIpc) is 3.10. The predicted molar refractivity (Wildman–Crippen MR) is 102 cm³/mol. The van der Waals surface area contributed by atoms with Gasteiger partial charge in [-0.15, -0.1) is 0 Å². The molecule has 0 unspecified atom stereocenters. The molecule has 0 bridgehead atoms. The Labute approximate surface area is 154 Å². The van der Waals surface area contributed by atoms with Crippen LogP contribution in [0.4, 0.5) is 4.39 Å². The Morgan fingerprint density at radius 1 is 1.19 bits per heavy atom. The van der Waals surface area contributed by atoms with Gasteiger partial charge in [0.2, 0.25) is 0 Å². The van der Waals surface area contributed by atoms with Crippen LogP contribution in [0.3, 0.4) is 0 Å². The third-order valence-corrected chi connectivity index (χ3v) is 5.25. The minimum atomic E-state index is -0.269. The summed E-state index contributed by atoms with van der Waals surface area (Å²) in [6, 6.07) is 14.2. The zero-order chi connectivity index (χ0) is 18.1. The number of thioether (sulfide) groups is 1. The number of halogens is 1. The van der Waals surface area contributed by atoms with Crippen molar-refractivity contribution in [1.82, 2.24) is 9.55 Å². The lowest BCUT2D eigenvalue weighted by atomic mass is 10.2. The summed E-state index contributed by atoms with van der Waals surface area (Å²) in [5.74, 6) is 0.255. The quantitative estimate of drug-likeness (QED) is 0.520. The highest BCUT2D eigenvalue weighted by molar-refractivity contribution is 7.98. The van der Waals surface area contributed by atoms with Gasteiger partial charge in [-0.25, -0.2) is 9.37 Å². The van der Waals surface area contributed by atoms with Crippen molar-refractivity contribution in [3.05, 3.63) is 87.1 Å². The van der Waals surface area contributed by atoms with Gasteiger partial charge in [-0.1, -0.05) is 42.1 Å². The van der Waals surface area contributed by atoms with Crippen molar-refractivity contribution < 1.29 is 4.39 Å². The Bertz CT molecular complexity index is 1070. The van der Waals surface area contributed by atoms with Crippen LogP contribution in [0.1, 0.15) is 22.4 Å². The van der Waals surface area contributed by atoms with Crippen LogP contribution in [0.5, 0.6) is 0 Å². The van der Waals surface area contributed by atoms with Gasteiger partial charge in [-0.3, -0.25) is 14.4 Å². The van der Waals surface area contributed by atoms with Gasteiger partial charge in [-0.05, 0) is 36.2 Å². The van der Waals surface area contributed by atoms with E-state index >= 15 is 0 Å². The van der Waals surface area contributed by atoms with E-state index in [2.05, 4.69) is 9.98 Å². The summed E-state index contributed by atoms with van der Waals surface area (Å²) in [6.07, 6.45) is 1.60. The van der Waals surface area contributed by atoms with Crippen LogP contribution >= 0.6 is 11.8 Å². The SMILES string of the molecule is Cc1ccccc1-n1c(SCc2cccc(F)c2)nc2c(c1=O)C=NC2. The first-order valence-corrected chi connectivity index (χ1v) is 9.21. The first-order valence-electron chi connectivity index (χ1n) is 8.22. The maximum atomic E-state index is 13.4. The van der Waals surface area contributed by atoms with E-state index in [0.717, 1.165) is 16.8 Å². The van der Waals surface area contributed by atoms with Crippen molar-refractivity contribution in [1.29, 1.82) is 0 Å². The smallest absolute Gasteiger partial charge is 0.267 e. The third-order valence-electron chi connectivity index (χ3n) is 4.24. The molecule has 0 atom stereocenters. The van der Waals surface area contributed by atoms with Crippen LogP contribution in [-0.2, 0) is 12.3 Å². The number of para-hydroxylation sites is 1. The molecule has 2 aromatic carbocycles. The summed E-state index contributed by atoms with van der Waals surface area (Å²) < 4.78 is 15.1. The third kappa shape index (κ3) is 3.08. The van der Waals surface area contributed by atoms with Crippen molar-refractivity contribution in [3.8, 4) is 5.69 Å². The lowest BCUT2D eigenvalue weighted by molar-refractivity contribution is 0.626. The monoisotopic (exact) mass is 365 g/mol. The molecule has 4 nitrogen and oxygen atoms in total. The highest BCUT2D eigenvalue weighted by Crippen LogP contribution is 2.26. The minimum absolute atomic E-state index is 0.118. The number of benzene rings is 2. The van der Waals surface area contributed by atoms with E-state index < -0.39 is 0 Å². The van der Waals surface area contributed by atoms with Crippen LogP contribution in [-0.4, -0.2) is 15.8 Å². The minimum Gasteiger partial charge on any atom is -0.286 e. The van der Waals surface area contributed by atoms with Crippen LogP contribution < -0.4 is 5.56 Å². The van der Waals surface area contributed by atoms with Crippen LogP contribution in [0, 0.1) is 12.7 Å². The first-order chi connectivity index (χ1) is 12.6. The van der Waals surface area contributed by atoms with Gasteiger partial charge < -0.3 is 0 Å². The molecule has 1 aliphatic heterocycles. The van der Waals surface area contributed by atoms with Gasteiger partial charge in [0, 0.05) is 12.0 Å². The highest BCUT2D eigenvalue weighted by atomic mass is 32.2. The Hall–Kier alpha value is -2.73. The Morgan fingerprint density at radius 2 is 2.04 bits per heavy atom. The number of fused-ring (bicyclic) bond motifs is 1. The Morgan fingerprint density at radius 3 is 2.85 bits per heavy atom. The summed E-state index contributed by atoms with van der Waals surface area (Å²) in [7, 11) is 0. The first kappa shape index (κ1) is 16.7. The molecular formula is C20H16FN3OS. The van der Waals surface area contributed by atoms with Crippen molar-refractivity contribution in [2.45, 2.75) is 24.4 Å². The molecule has 4 rings (SSSR count). The molecule has 0 spiro atoms. The van der Waals surface area contributed by atoms with Crippen molar-refractivity contribution in [2.75, 3.05) is 0 Å². The second-order valence-corrected chi connectivity index (χ2v) is 7.01. The van der Waals surface area contributed by atoms with E-state index in [1.165, 1.54) is 23.9 Å². The maximum absolute atomic E-state index is 13.4. The van der Waals surface area contributed by atoms with Crippen molar-refractivity contribution in [3.63, 3.8) is 0 Å². The largest absolute Gasteiger partial charge is 0.286 e. The molecule has 130 valence electrons. The fourth-order valence-corrected chi connectivity index (χ4v) is 3.89. The second kappa shape index (κ2) is 6.88. The molecule has 3 aromatic rings. The molecule has 0 amide bonds. The van der Waals surface area contributed by atoms with Crippen molar-refractivity contribution in [2.24, 2.45) is 4.99 Å². The molecule has 0 fully saturated rings. The molecule has 26 heavy (non-hydrogen) atoms. The van der Waals surface area contributed by atoms with Gasteiger partial charge >= 0.3 is 0 Å². The van der Waals surface area contributed by atoms with Crippen LogP contribution in [0.25, 0.3) is 5.69 Å². The second-order valence-electron chi connectivity index (χ2n) is 6.07. The van der Waals surface area contributed by atoms with Crippen LogP contribution in [0.2, 0.25) is 0 Å². The van der Waals surface area contributed by atoms with Gasteiger partial charge in [0.05, 0.1) is 23.5 Å².